The fraction of sp³-hybridized carbons (Fsp3) is 0.318. The molecule has 7 nitrogen and oxygen atoms in total. The van der Waals surface area contributed by atoms with Crippen molar-refractivity contribution in [2.24, 2.45) is 0 Å². The first-order valence-electron chi connectivity index (χ1n) is 9.72. The molecule has 0 unspecified atom stereocenters. The molecule has 3 heterocycles. The quantitative estimate of drug-likeness (QED) is 0.465. The summed E-state index contributed by atoms with van der Waals surface area (Å²) in [5.41, 5.74) is 2.75. The largest absolute Gasteiger partial charge is 0.479 e. The predicted molar refractivity (Wildman–Crippen MR) is 112 cm³/mol. The number of aromatic amines is 1. The smallest absolute Gasteiger partial charge is 0.338 e. The molecule has 0 saturated carbocycles. The van der Waals surface area contributed by atoms with Gasteiger partial charge in [0, 0.05) is 41.3 Å². The molecule has 1 aromatic carbocycles. The summed E-state index contributed by atoms with van der Waals surface area (Å²) in [6.07, 6.45) is -0.850. The van der Waals surface area contributed by atoms with E-state index in [4.69, 9.17) is 4.74 Å². The first kappa shape index (κ1) is 20.9. The zero-order chi connectivity index (χ0) is 22.3. The predicted octanol–water partition coefficient (Wildman–Crippen LogP) is 3.93. The van der Waals surface area contributed by atoms with Gasteiger partial charge in [0.25, 0.3) is 0 Å². The van der Waals surface area contributed by atoms with E-state index in [2.05, 4.69) is 15.2 Å². The van der Waals surface area contributed by atoms with Crippen molar-refractivity contribution in [2.75, 3.05) is 13.7 Å². The van der Waals surface area contributed by atoms with Gasteiger partial charge in [-0.15, -0.1) is 0 Å². The molecular formula is C22H22F2N4O3. The van der Waals surface area contributed by atoms with Gasteiger partial charge in [-0.3, -0.25) is 5.10 Å². The monoisotopic (exact) mass is 428 g/mol. The molecule has 4 aromatic rings. The van der Waals surface area contributed by atoms with Crippen LogP contribution >= 0.6 is 0 Å². The van der Waals surface area contributed by atoms with Crippen molar-refractivity contribution in [3.63, 3.8) is 0 Å². The lowest BCUT2D eigenvalue weighted by atomic mass is 9.86. The maximum absolute atomic E-state index is 14.5. The molecule has 0 fully saturated rings. The summed E-state index contributed by atoms with van der Waals surface area (Å²) in [6.45, 7) is 4.15. The highest BCUT2D eigenvalue weighted by atomic mass is 19.1. The third-order valence-electron chi connectivity index (χ3n) is 5.32. The number of H-pyrrole nitrogens is 1. The van der Waals surface area contributed by atoms with Crippen molar-refractivity contribution >= 4 is 28.0 Å². The van der Waals surface area contributed by atoms with Gasteiger partial charge in [-0.25, -0.2) is 18.6 Å². The van der Waals surface area contributed by atoms with Gasteiger partial charge in [-0.1, -0.05) is 13.8 Å². The fourth-order valence-electron chi connectivity index (χ4n) is 4.09. The molecular weight excluding hydrogens is 406 g/mol. The van der Waals surface area contributed by atoms with Crippen LogP contribution in [-0.4, -0.2) is 50.7 Å². The van der Waals surface area contributed by atoms with Gasteiger partial charge < -0.3 is 14.4 Å². The number of aromatic nitrogens is 4. The van der Waals surface area contributed by atoms with Crippen molar-refractivity contribution in [3.8, 4) is 5.69 Å². The zero-order valence-corrected chi connectivity index (χ0v) is 17.3. The SMILES string of the molecule is COCC(C)(C)c1c(C[C@H](F)C(=O)O)c2nc3[nH]ncc3cc2n1-c1ccc(F)cc1. The van der Waals surface area contributed by atoms with Crippen LogP contribution < -0.4 is 0 Å². The van der Waals surface area contributed by atoms with Gasteiger partial charge in [0.2, 0.25) is 6.17 Å². The van der Waals surface area contributed by atoms with E-state index >= 15 is 0 Å². The van der Waals surface area contributed by atoms with E-state index in [1.54, 1.807) is 25.4 Å². The number of nitrogens with one attached hydrogen (secondary N) is 1. The molecule has 2 N–H and O–H groups in total. The summed E-state index contributed by atoms with van der Waals surface area (Å²) in [5.74, 6) is -1.93. The molecule has 0 aliphatic heterocycles. The van der Waals surface area contributed by atoms with Crippen molar-refractivity contribution in [2.45, 2.75) is 31.9 Å². The number of methoxy groups -OCH3 is 1. The second-order valence-electron chi connectivity index (χ2n) is 8.13. The number of alkyl halides is 1. The van der Waals surface area contributed by atoms with Crippen molar-refractivity contribution in [1.82, 2.24) is 19.7 Å². The van der Waals surface area contributed by atoms with Gasteiger partial charge in [-0.2, -0.15) is 5.10 Å². The van der Waals surface area contributed by atoms with E-state index in [1.165, 1.54) is 12.1 Å². The minimum absolute atomic E-state index is 0.293. The molecule has 0 saturated heterocycles. The molecule has 0 radical (unpaired) electrons. The van der Waals surface area contributed by atoms with E-state index in [0.29, 0.717) is 40.2 Å². The lowest BCUT2D eigenvalue weighted by molar-refractivity contribution is -0.142. The maximum Gasteiger partial charge on any atom is 0.338 e. The van der Waals surface area contributed by atoms with Crippen molar-refractivity contribution in [1.29, 1.82) is 0 Å². The number of fused-ring (bicyclic) bond motifs is 2. The molecule has 31 heavy (non-hydrogen) atoms. The van der Waals surface area contributed by atoms with Crippen LogP contribution in [-0.2, 0) is 21.4 Å². The summed E-state index contributed by atoms with van der Waals surface area (Å²) in [4.78, 5) is 16.0. The Morgan fingerprint density at radius 3 is 2.68 bits per heavy atom. The number of rotatable bonds is 7. The first-order valence-corrected chi connectivity index (χ1v) is 9.72. The second-order valence-corrected chi connectivity index (χ2v) is 8.13. The number of nitrogens with zero attached hydrogens (tertiary/aromatic N) is 3. The minimum atomic E-state index is -2.11. The Labute approximate surface area is 176 Å². The molecule has 1 atom stereocenters. The number of ether oxygens (including phenoxy) is 1. The third-order valence-corrected chi connectivity index (χ3v) is 5.32. The molecule has 0 bridgehead atoms. The van der Waals surface area contributed by atoms with Crippen LogP contribution in [0.15, 0.2) is 36.5 Å². The second kappa shape index (κ2) is 7.73. The lowest BCUT2D eigenvalue weighted by Gasteiger charge is -2.28. The number of carboxylic acids is 1. The number of carboxylic acid groups (broad SMARTS) is 1. The standard InChI is InChI=1S/C22H22F2N4O3/c1-22(2,11-31-3)19-15(9-16(24)21(29)30)18-17(8-12-10-25-27-20(12)26-18)28(19)14-6-4-13(23)5-7-14/h4-8,10,16H,9,11H2,1-3H3,(H,29,30)(H,25,26,27)/t16-/m0/s1. The van der Waals surface area contributed by atoms with Crippen molar-refractivity contribution < 1.29 is 23.4 Å². The number of hydrogen-bond donors (Lipinski definition) is 2. The Bertz CT molecular complexity index is 1260. The van der Waals surface area contributed by atoms with Crippen LogP contribution in [0.4, 0.5) is 8.78 Å². The Balaban J connectivity index is 2.12. The van der Waals surface area contributed by atoms with E-state index in [1.807, 2.05) is 24.5 Å². The number of hydrogen-bond acceptors (Lipinski definition) is 4. The molecule has 0 aliphatic carbocycles. The van der Waals surface area contributed by atoms with E-state index < -0.39 is 17.6 Å². The van der Waals surface area contributed by atoms with E-state index in [-0.39, 0.29) is 12.2 Å². The first-order chi connectivity index (χ1) is 14.7. The van der Waals surface area contributed by atoms with Gasteiger partial charge >= 0.3 is 5.97 Å². The lowest BCUT2D eigenvalue weighted by Crippen LogP contribution is -2.29. The summed E-state index contributed by atoms with van der Waals surface area (Å²) in [5, 5.41) is 16.8. The molecule has 162 valence electrons. The topological polar surface area (TPSA) is 93.0 Å². The third kappa shape index (κ3) is 3.65. The highest BCUT2D eigenvalue weighted by Crippen LogP contribution is 2.38. The Kier molecular flexibility index (Phi) is 5.22. The van der Waals surface area contributed by atoms with Gasteiger partial charge in [0.15, 0.2) is 5.65 Å². The summed E-state index contributed by atoms with van der Waals surface area (Å²) >= 11 is 0. The molecule has 9 heteroatoms. The van der Waals surface area contributed by atoms with Gasteiger partial charge in [-0.05, 0) is 30.3 Å². The molecule has 0 aliphatic rings. The van der Waals surface area contributed by atoms with Crippen LogP contribution in [0.25, 0.3) is 27.8 Å². The van der Waals surface area contributed by atoms with E-state index in [9.17, 15) is 18.7 Å². The maximum atomic E-state index is 14.5. The molecule has 4 rings (SSSR count). The summed E-state index contributed by atoms with van der Waals surface area (Å²) in [7, 11) is 1.56. The number of halogens is 2. The van der Waals surface area contributed by atoms with Crippen LogP contribution in [0.3, 0.4) is 0 Å². The summed E-state index contributed by atoms with van der Waals surface area (Å²) < 4.78 is 35.4. The van der Waals surface area contributed by atoms with Gasteiger partial charge in [0.1, 0.15) is 5.82 Å². The molecule has 3 aromatic heterocycles. The Hall–Kier alpha value is -3.33. The van der Waals surface area contributed by atoms with Crippen molar-refractivity contribution in [3.05, 3.63) is 53.6 Å². The number of benzene rings is 1. The van der Waals surface area contributed by atoms with E-state index in [0.717, 1.165) is 5.39 Å². The van der Waals surface area contributed by atoms with Gasteiger partial charge in [0.05, 0.1) is 23.8 Å². The normalized spacial score (nSPS) is 13.2. The van der Waals surface area contributed by atoms with Crippen LogP contribution in [0.2, 0.25) is 0 Å². The average Bonchev–Trinajstić information content (AvgIpc) is 3.29. The zero-order valence-electron chi connectivity index (χ0n) is 17.3. The Morgan fingerprint density at radius 1 is 1.32 bits per heavy atom. The summed E-state index contributed by atoms with van der Waals surface area (Å²) in [6, 6.07) is 7.78. The van der Waals surface area contributed by atoms with Crippen LogP contribution in [0, 0.1) is 5.82 Å². The molecule has 0 spiro atoms. The molecule has 0 amide bonds. The number of carbonyl (C=O) groups is 1. The average molecular weight is 428 g/mol. The Morgan fingerprint density at radius 2 is 2.03 bits per heavy atom. The van der Waals surface area contributed by atoms with Crippen LogP contribution in [0.1, 0.15) is 25.1 Å². The fourth-order valence-corrected chi connectivity index (χ4v) is 4.09. The number of pyridine rings is 1. The highest BCUT2D eigenvalue weighted by molar-refractivity contribution is 5.94. The minimum Gasteiger partial charge on any atom is -0.479 e. The van der Waals surface area contributed by atoms with Crippen LogP contribution in [0.5, 0.6) is 0 Å². The highest BCUT2D eigenvalue weighted by Gasteiger charge is 2.34. The number of aliphatic carboxylic acids is 1.